The molecular weight excluding hydrogens is 318 g/mol. The molecule has 1 aliphatic rings. The molecule has 23 heavy (non-hydrogen) atoms. The molecule has 1 saturated heterocycles. The van der Waals surface area contributed by atoms with Gasteiger partial charge in [0.2, 0.25) is 5.91 Å². The number of carbonyl (C=O) groups is 2. The first-order chi connectivity index (χ1) is 10.7. The Kier molecular flexibility index (Phi) is 8.61. The number of halogens is 1. The molecule has 1 atom stereocenters. The maximum Gasteiger partial charge on any atom is 0.251 e. The number of rotatable bonds is 7. The Hall–Kier alpha value is -1.63. The molecule has 1 aromatic carbocycles. The van der Waals surface area contributed by atoms with Crippen molar-refractivity contribution in [1.82, 2.24) is 10.6 Å². The number of ether oxygens (including phenoxy) is 1. The van der Waals surface area contributed by atoms with E-state index in [9.17, 15) is 9.59 Å². The number of hydrogen-bond donors (Lipinski definition) is 3. The Balaban J connectivity index is 0.00000264. The number of nitrogens with one attached hydrogen (secondary N) is 2. The molecule has 0 aromatic heterocycles. The highest BCUT2D eigenvalue weighted by atomic mass is 35.5. The highest BCUT2D eigenvalue weighted by Crippen LogP contribution is 2.11. The number of amides is 2. The molecule has 6 nitrogen and oxygen atoms in total. The SMILES string of the molecule is Cl.NCCC(=O)NCc1cccc(C(=O)NCC2CCCO2)c1. The van der Waals surface area contributed by atoms with E-state index in [1.165, 1.54) is 0 Å². The Morgan fingerprint density at radius 1 is 1.30 bits per heavy atom. The van der Waals surface area contributed by atoms with Crippen LogP contribution in [0.5, 0.6) is 0 Å². The average molecular weight is 342 g/mol. The van der Waals surface area contributed by atoms with Crippen molar-refractivity contribution in [3.63, 3.8) is 0 Å². The summed E-state index contributed by atoms with van der Waals surface area (Å²) in [5, 5.41) is 5.66. The van der Waals surface area contributed by atoms with Gasteiger partial charge in [-0.2, -0.15) is 0 Å². The monoisotopic (exact) mass is 341 g/mol. The lowest BCUT2D eigenvalue weighted by Gasteiger charge is -2.11. The van der Waals surface area contributed by atoms with E-state index in [1.54, 1.807) is 12.1 Å². The standard InChI is InChI=1S/C16H23N3O3.ClH/c17-7-6-15(20)18-10-12-3-1-4-13(9-12)16(21)19-11-14-5-2-8-22-14;/h1,3-4,9,14H,2,5-8,10-11,17H2,(H,18,20)(H,19,21);1H. The summed E-state index contributed by atoms with van der Waals surface area (Å²) in [6.45, 7) is 2.04. The third kappa shape index (κ3) is 6.56. The summed E-state index contributed by atoms with van der Waals surface area (Å²) in [5.74, 6) is -0.207. The summed E-state index contributed by atoms with van der Waals surface area (Å²) in [4.78, 5) is 23.5. The van der Waals surface area contributed by atoms with Gasteiger partial charge < -0.3 is 21.1 Å². The summed E-state index contributed by atoms with van der Waals surface area (Å²) in [7, 11) is 0. The van der Waals surface area contributed by atoms with Gasteiger partial charge in [-0.25, -0.2) is 0 Å². The number of benzene rings is 1. The van der Waals surface area contributed by atoms with Gasteiger partial charge in [-0.1, -0.05) is 12.1 Å². The maximum atomic E-state index is 12.1. The Morgan fingerprint density at radius 3 is 2.83 bits per heavy atom. The minimum Gasteiger partial charge on any atom is -0.376 e. The van der Waals surface area contributed by atoms with Crippen LogP contribution < -0.4 is 16.4 Å². The van der Waals surface area contributed by atoms with Crippen LogP contribution in [0.2, 0.25) is 0 Å². The first-order valence-electron chi connectivity index (χ1n) is 7.64. The van der Waals surface area contributed by atoms with E-state index in [1.807, 2.05) is 12.1 Å². The molecule has 0 radical (unpaired) electrons. The van der Waals surface area contributed by atoms with Crippen molar-refractivity contribution in [2.75, 3.05) is 19.7 Å². The number of hydrogen-bond acceptors (Lipinski definition) is 4. The van der Waals surface area contributed by atoms with Crippen LogP contribution in [-0.2, 0) is 16.1 Å². The average Bonchev–Trinajstić information content (AvgIpc) is 3.04. The van der Waals surface area contributed by atoms with Crippen molar-refractivity contribution in [2.24, 2.45) is 5.73 Å². The highest BCUT2D eigenvalue weighted by Gasteiger charge is 2.16. The van der Waals surface area contributed by atoms with Crippen LogP contribution in [0, 0.1) is 0 Å². The first-order valence-corrected chi connectivity index (χ1v) is 7.64. The maximum absolute atomic E-state index is 12.1. The van der Waals surface area contributed by atoms with Gasteiger partial charge in [-0.05, 0) is 30.5 Å². The topological polar surface area (TPSA) is 93.5 Å². The predicted octanol–water partition coefficient (Wildman–Crippen LogP) is 0.982. The van der Waals surface area contributed by atoms with E-state index in [0.29, 0.717) is 31.6 Å². The lowest BCUT2D eigenvalue weighted by molar-refractivity contribution is -0.121. The van der Waals surface area contributed by atoms with Crippen LogP contribution in [0.15, 0.2) is 24.3 Å². The molecule has 128 valence electrons. The largest absolute Gasteiger partial charge is 0.376 e. The van der Waals surface area contributed by atoms with Gasteiger partial charge in [-0.15, -0.1) is 12.4 Å². The fourth-order valence-corrected chi connectivity index (χ4v) is 2.36. The van der Waals surface area contributed by atoms with E-state index in [-0.39, 0.29) is 30.3 Å². The molecule has 0 saturated carbocycles. The van der Waals surface area contributed by atoms with Crippen LogP contribution in [0.25, 0.3) is 0 Å². The van der Waals surface area contributed by atoms with Gasteiger partial charge >= 0.3 is 0 Å². The minimum atomic E-state index is -0.120. The molecular formula is C16H24ClN3O3. The summed E-state index contributed by atoms with van der Waals surface area (Å²) in [5.41, 5.74) is 6.79. The molecule has 1 heterocycles. The van der Waals surface area contributed by atoms with Gasteiger partial charge in [0.25, 0.3) is 5.91 Å². The third-order valence-corrected chi connectivity index (χ3v) is 3.56. The molecule has 0 bridgehead atoms. The fourth-order valence-electron chi connectivity index (χ4n) is 2.36. The molecule has 2 amide bonds. The van der Waals surface area contributed by atoms with E-state index >= 15 is 0 Å². The molecule has 0 aliphatic carbocycles. The summed E-state index contributed by atoms with van der Waals surface area (Å²) in [6, 6.07) is 7.23. The molecule has 7 heteroatoms. The van der Waals surface area contributed by atoms with Crippen LogP contribution in [0.4, 0.5) is 0 Å². The molecule has 1 fully saturated rings. The Bertz CT molecular complexity index is 519. The number of nitrogens with two attached hydrogens (primary N) is 1. The van der Waals surface area contributed by atoms with Crippen LogP contribution in [0.3, 0.4) is 0 Å². The van der Waals surface area contributed by atoms with E-state index in [4.69, 9.17) is 10.5 Å². The van der Waals surface area contributed by atoms with E-state index < -0.39 is 0 Å². The second kappa shape index (κ2) is 10.2. The van der Waals surface area contributed by atoms with Gasteiger partial charge in [0.1, 0.15) is 0 Å². The first kappa shape index (κ1) is 19.4. The quantitative estimate of drug-likeness (QED) is 0.689. The van der Waals surface area contributed by atoms with Crippen molar-refractivity contribution in [1.29, 1.82) is 0 Å². The molecule has 1 aromatic rings. The van der Waals surface area contributed by atoms with Gasteiger partial charge in [0.15, 0.2) is 0 Å². The third-order valence-electron chi connectivity index (χ3n) is 3.56. The molecule has 1 aliphatic heterocycles. The predicted molar refractivity (Wildman–Crippen MR) is 90.5 cm³/mol. The summed E-state index contributed by atoms with van der Waals surface area (Å²) in [6.07, 6.45) is 2.48. The summed E-state index contributed by atoms with van der Waals surface area (Å²) >= 11 is 0. The van der Waals surface area contributed by atoms with E-state index in [2.05, 4.69) is 10.6 Å². The normalized spacial score (nSPS) is 16.5. The van der Waals surface area contributed by atoms with Crippen molar-refractivity contribution < 1.29 is 14.3 Å². The fraction of sp³-hybridized carbons (Fsp3) is 0.500. The van der Waals surface area contributed by atoms with Crippen molar-refractivity contribution in [3.8, 4) is 0 Å². The Labute approximate surface area is 142 Å². The van der Waals surface area contributed by atoms with Crippen LogP contribution >= 0.6 is 12.4 Å². The molecule has 0 spiro atoms. The number of carbonyl (C=O) groups excluding carboxylic acids is 2. The highest BCUT2D eigenvalue weighted by molar-refractivity contribution is 5.94. The van der Waals surface area contributed by atoms with E-state index in [0.717, 1.165) is 25.0 Å². The van der Waals surface area contributed by atoms with Crippen molar-refractivity contribution >= 4 is 24.2 Å². The van der Waals surface area contributed by atoms with Gasteiger partial charge in [0.05, 0.1) is 6.10 Å². The molecule has 1 unspecified atom stereocenters. The van der Waals surface area contributed by atoms with Crippen molar-refractivity contribution in [3.05, 3.63) is 35.4 Å². The smallest absolute Gasteiger partial charge is 0.251 e. The minimum absolute atomic E-state index is 0. The lowest BCUT2D eigenvalue weighted by Crippen LogP contribution is -2.31. The van der Waals surface area contributed by atoms with Crippen molar-refractivity contribution in [2.45, 2.75) is 31.9 Å². The molecule has 4 N–H and O–H groups in total. The van der Waals surface area contributed by atoms with Crippen LogP contribution in [-0.4, -0.2) is 37.6 Å². The zero-order valence-corrected chi connectivity index (χ0v) is 13.9. The second-order valence-electron chi connectivity index (χ2n) is 5.36. The zero-order chi connectivity index (χ0) is 15.8. The second-order valence-corrected chi connectivity index (χ2v) is 5.36. The summed E-state index contributed by atoms with van der Waals surface area (Å²) < 4.78 is 5.48. The van der Waals surface area contributed by atoms with Gasteiger partial charge in [-0.3, -0.25) is 9.59 Å². The zero-order valence-electron chi connectivity index (χ0n) is 13.0. The Morgan fingerprint density at radius 2 is 2.13 bits per heavy atom. The molecule has 2 rings (SSSR count). The van der Waals surface area contributed by atoms with Crippen LogP contribution in [0.1, 0.15) is 35.2 Å². The van der Waals surface area contributed by atoms with Gasteiger partial charge in [0, 0.05) is 38.2 Å². The lowest BCUT2D eigenvalue weighted by atomic mass is 10.1.